The number of anilines is 1. The summed E-state index contributed by atoms with van der Waals surface area (Å²) >= 11 is 1.35. The molecule has 0 aliphatic heterocycles. The molecule has 24 heavy (non-hydrogen) atoms. The van der Waals surface area contributed by atoms with Crippen LogP contribution in [0.4, 0.5) is 9.93 Å². The molecule has 122 valence electrons. The quantitative estimate of drug-likeness (QED) is 0.638. The van der Waals surface area contributed by atoms with Crippen LogP contribution in [0.3, 0.4) is 0 Å². The van der Waals surface area contributed by atoms with Gasteiger partial charge in [0, 0.05) is 5.56 Å². The molecule has 3 amide bonds. The fourth-order valence-corrected chi connectivity index (χ4v) is 2.84. The maximum Gasteiger partial charge on any atom is 0.339 e. The summed E-state index contributed by atoms with van der Waals surface area (Å²) in [7, 11) is 1.54. The van der Waals surface area contributed by atoms with Crippen molar-refractivity contribution in [3.05, 3.63) is 54.1 Å². The van der Waals surface area contributed by atoms with Gasteiger partial charge in [-0.1, -0.05) is 23.5 Å². The molecule has 3 aromatic rings. The highest BCUT2D eigenvalue weighted by Crippen LogP contribution is 2.25. The summed E-state index contributed by atoms with van der Waals surface area (Å²) < 4.78 is 5.99. The highest BCUT2D eigenvalue weighted by atomic mass is 32.1. The molecule has 1 heterocycles. The van der Waals surface area contributed by atoms with Gasteiger partial charge in [0.05, 0.1) is 17.3 Å². The molecular formula is C16H14N4O3S. The number of aromatic nitrogens is 1. The van der Waals surface area contributed by atoms with E-state index in [-0.39, 0.29) is 0 Å². The molecule has 0 saturated heterocycles. The maximum absolute atomic E-state index is 11.9. The number of urea groups is 1. The number of hydrazine groups is 1. The normalized spacial score (nSPS) is 10.2. The lowest BCUT2D eigenvalue weighted by atomic mass is 10.2. The van der Waals surface area contributed by atoms with Crippen LogP contribution in [-0.4, -0.2) is 24.0 Å². The molecule has 0 unspecified atom stereocenters. The van der Waals surface area contributed by atoms with Crippen molar-refractivity contribution in [1.82, 2.24) is 15.8 Å². The molecule has 0 radical (unpaired) electrons. The molecule has 2 aromatic carbocycles. The Kier molecular flexibility index (Phi) is 4.57. The molecule has 3 rings (SSSR count). The number of benzene rings is 2. The minimum atomic E-state index is -0.573. The lowest BCUT2D eigenvalue weighted by Crippen LogP contribution is -2.43. The SMILES string of the molecule is COc1ccc(C(=O)NNC(=O)Nc2nc3ccccc3s2)cc1. The van der Waals surface area contributed by atoms with E-state index in [9.17, 15) is 9.59 Å². The second-order valence-electron chi connectivity index (χ2n) is 4.75. The number of para-hydroxylation sites is 1. The number of fused-ring (bicyclic) bond motifs is 1. The second-order valence-corrected chi connectivity index (χ2v) is 5.78. The van der Waals surface area contributed by atoms with Gasteiger partial charge in [-0.15, -0.1) is 0 Å². The van der Waals surface area contributed by atoms with Gasteiger partial charge in [-0.25, -0.2) is 15.2 Å². The van der Waals surface area contributed by atoms with E-state index in [0.717, 1.165) is 10.2 Å². The third kappa shape index (κ3) is 3.61. The minimum Gasteiger partial charge on any atom is -0.497 e. The van der Waals surface area contributed by atoms with Gasteiger partial charge in [0.25, 0.3) is 5.91 Å². The number of hydrogen-bond donors (Lipinski definition) is 3. The Bertz CT molecular complexity index is 843. The zero-order chi connectivity index (χ0) is 16.9. The van der Waals surface area contributed by atoms with E-state index in [1.165, 1.54) is 11.3 Å². The summed E-state index contributed by atoms with van der Waals surface area (Å²) in [5, 5.41) is 3.03. The van der Waals surface area contributed by atoms with Crippen LogP contribution in [0.1, 0.15) is 10.4 Å². The van der Waals surface area contributed by atoms with E-state index in [1.54, 1.807) is 31.4 Å². The van der Waals surface area contributed by atoms with Crippen LogP contribution >= 0.6 is 11.3 Å². The average Bonchev–Trinajstić information content (AvgIpc) is 3.02. The molecule has 0 aliphatic rings. The molecule has 0 bridgehead atoms. The van der Waals surface area contributed by atoms with Crippen molar-refractivity contribution in [2.75, 3.05) is 12.4 Å². The standard InChI is InChI=1S/C16H14N4O3S/c1-23-11-8-6-10(7-9-11)14(21)19-20-15(22)18-16-17-12-4-2-3-5-13(12)24-16/h2-9H,1H3,(H,19,21)(H2,17,18,20,22). The number of carbonyl (C=O) groups is 2. The van der Waals surface area contributed by atoms with Crippen molar-refractivity contribution in [2.45, 2.75) is 0 Å². The number of hydrogen-bond acceptors (Lipinski definition) is 5. The number of ether oxygens (including phenoxy) is 1. The molecule has 7 nitrogen and oxygen atoms in total. The smallest absolute Gasteiger partial charge is 0.339 e. The summed E-state index contributed by atoms with van der Waals surface area (Å²) in [6.45, 7) is 0. The minimum absolute atomic E-state index is 0.399. The molecule has 3 N–H and O–H groups in total. The first kappa shape index (κ1) is 15.8. The number of nitrogens with zero attached hydrogens (tertiary/aromatic N) is 1. The van der Waals surface area contributed by atoms with Crippen molar-refractivity contribution in [2.24, 2.45) is 0 Å². The number of thiazole rings is 1. The first-order valence-electron chi connectivity index (χ1n) is 7.02. The van der Waals surface area contributed by atoms with Crippen molar-refractivity contribution >= 4 is 38.6 Å². The number of methoxy groups -OCH3 is 1. The molecular weight excluding hydrogens is 328 g/mol. The van der Waals surface area contributed by atoms with E-state index in [2.05, 4.69) is 21.2 Å². The molecule has 0 fully saturated rings. The van der Waals surface area contributed by atoms with Gasteiger partial charge < -0.3 is 4.74 Å². The van der Waals surface area contributed by atoms with E-state index < -0.39 is 11.9 Å². The summed E-state index contributed by atoms with van der Waals surface area (Å²) in [5.74, 6) is 0.213. The number of carbonyl (C=O) groups excluding carboxylic acids is 2. The maximum atomic E-state index is 11.9. The summed E-state index contributed by atoms with van der Waals surface area (Å²) in [4.78, 5) is 28.0. The topological polar surface area (TPSA) is 92.4 Å². The first-order chi connectivity index (χ1) is 11.7. The number of nitrogens with one attached hydrogen (secondary N) is 3. The van der Waals surface area contributed by atoms with Crippen molar-refractivity contribution in [3.8, 4) is 5.75 Å². The van der Waals surface area contributed by atoms with Crippen molar-refractivity contribution < 1.29 is 14.3 Å². The molecule has 1 aromatic heterocycles. The Morgan fingerprint density at radius 2 is 1.79 bits per heavy atom. The Labute approximate surface area is 141 Å². The van der Waals surface area contributed by atoms with Crippen LogP contribution in [0.5, 0.6) is 5.75 Å². The van der Waals surface area contributed by atoms with Crippen LogP contribution in [-0.2, 0) is 0 Å². The molecule has 0 spiro atoms. The van der Waals surface area contributed by atoms with Gasteiger partial charge in [-0.3, -0.25) is 15.5 Å². The summed E-state index contributed by atoms with van der Waals surface area (Å²) in [6.07, 6.45) is 0. The Morgan fingerprint density at radius 1 is 1.04 bits per heavy atom. The third-order valence-electron chi connectivity index (χ3n) is 3.16. The largest absolute Gasteiger partial charge is 0.497 e. The van der Waals surface area contributed by atoms with E-state index >= 15 is 0 Å². The van der Waals surface area contributed by atoms with Gasteiger partial charge >= 0.3 is 6.03 Å². The lowest BCUT2D eigenvalue weighted by Gasteiger charge is -2.07. The fourth-order valence-electron chi connectivity index (χ4n) is 1.98. The zero-order valence-electron chi connectivity index (χ0n) is 12.7. The molecule has 0 aliphatic carbocycles. The van der Waals surface area contributed by atoms with Crippen LogP contribution < -0.4 is 20.9 Å². The molecule has 0 saturated carbocycles. The fraction of sp³-hybridized carbons (Fsp3) is 0.0625. The van der Waals surface area contributed by atoms with E-state index in [1.807, 2.05) is 24.3 Å². The van der Waals surface area contributed by atoms with Gasteiger partial charge in [0.1, 0.15) is 5.75 Å². The van der Waals surface area contributed by atoms with Gasteiger partial charge in [0.2, 0.25) is 0 Å². The Balaban J connectivity index is 1.55. The van der Waals surface area contributed by atoms with Crippen LogP contribution in [0.2, 0.25) is 0 Å². The Morgan fingerprint density at radius 3 is 2.50 bits per heavy atom. The monoisotopic (exact) mass is 342 g/mol. The highest BCUT2D eigenvalue weighted by Gasteiger charge is 2.09. The van der Waals surface area contributed by atoms with Crippen LogP contribution in [0.15, 0.2) is 48.5 Å². The average molecular weight is 342 g/mol. The first-order valence-corrected chi connectivity index (χ1v) is 7.84. The second kappa shape index (κ2) is 6.97. The number of amides is 3. The van der Waals surface area contributed by atoms with Crippen LogP contribution in [0, 0.1) is 0 Å². The lowest BCUT2D eigenvalue weighted by molar-refractivity contribution is 0.0938. The molecule has 0 atom stereocenters. The molecule has 8 heteroatoms. The van der Waals surface area contributed by atoms with Gasteiger partial charge in [-0.05, 0) is 36.4 Å². The zero-order valence-corrected chi connectivity index (χ0v) is 13.5. The Hall–Kier alpha value is -3.13. The van der Waals surface area contributed by atoms with Crippen LogP contribution in [0.25, 0.3) is 10.2 Å². The summed E-state index contributed by atoms with van der Waals surface area (Å²) in [5.41, 5.74) is 5.82. The predicted octanol–water partition coefficient (Wildman–Crippen LogP) is 2.77. The van der Waals surface area contributed by atoms with E-state index in [0.29, 0.717) is 16.4 Å². The predicted molar refractivity (Wildman–Crippen MR) is 92.2 cm³/mol. The van der Waals surface area contributed by atoms with Gasteiger partial charge in [0.15, 0.2) is 5.13 Å². The van der Waals surface area contributed by atoms with E-state index in [4.69, 9.17) is 4.74 Å². The highest BCUT2D eigenvalue weighted by molar-refractivity contribution is 7.22. The van der Waals surface area contributed by atoms with Crippen molar-refractivity contribution in [1.29, 1.82) is 0 Å². The van der Waals surface area contributed by atoms with Crippen molar-refractivity contribution in [3.63, 3.8) is 0 Å². The number of rotatable bonds is 3. The van der Waals surface area contributed by atoms with Gasteiger partial charge in [-0.2, -0.15) is 0 Å². The summed E-state index contributed by atoms with van der Waals surface area (Å²) in [6, 6.07) is 13.5. The third-order valence-corrected chi connectivity index (χ3v) is 4.11.